The zero-order chi connectivity index (χ0) is 31.7. The van der Waals surface area contributed by atoms with E-state index in [1.54, 1.807) is 56.6 Å². The molecule has 0 saturated carbocycles. The maximum atomic E-state index is 15.6. The summed E-state index contributed by atoms with van der Waals surface area (Å²) in [5.74, 6) is -1.87. The monoisotopic (exact) mass is 640 g/mol. The van der Waals surface area contributed by atoms with Gasteiger partial charge >= 0.3 is 12.0 Å². The van der Waals surface area contributed by atoms with Crippen molar-refractivity contribution >= 4 is 46.8 Å². The molecule has 0 radical (unpaired) electrons. The van der Waals surface area contributed by atoms with E-state index in [0.29, 0.717) is 69.4 Å². The molecule has 1 atom stereocenters. The van der Waals surface area contributed by atoms with E-state index < -0.39 is 23.6 Å². The molecule has 3 amide bonds. The molecule has 3 aromatic rings. The van der Waals surface area contributed by atoms with Gasteiger partial charge in [0.15, 0.2) is 0 Å². The smallest absolute Gasteiger partial charge is 0.323 e. The van der Waals surface area contributed by atoms with Gasteiger partial charge in [-0.25, -0.2) is 9.18 Å². The molecule has 1 fully saturated rings. The third-order valence-corrected chi connectivity index (χ3v) is 8.72. The number of hydrogen-bond acceptors (Lipinski definition) is 5. The number of carboxylic acid groups (broad SMARTS) is 1. The summed E-state index contributed by atoms with van der Waals surface area (Å²) in [6.45, 7) is 1.28. The predicted molar refractivity (Wildman–Crippen MR) is 167 cm³/mol. The number of ether oxygens (including phenoxy) is 1. The number of likely N-dealkylation sites (tertiary alicyclic amines) is 1. The van der Waals surface area contributed by atoms with Crippen LogP contribution in [0.5, 0.6) is 5.75 Å². The molecule has 44 heavy (non-hydrogen) atoms. The van der Waals surface area contributed by atoms with Gasteiger partial charge in [-0.15, -0.1) is 0 Å². The summed E-state index contributed by atoms with van der Waals surface area (Å²) in [6.07, 6.45) is 2.01. The van der Waals surface area contributed by atoms with Gasteiger partial charge in [-0.1, -0.05) is 53.5 Å². The van der Waals surface area contributed by atoms with Crippen LogP contribution in [0.2, 0.25) is 10.0 Å². The van der Waals surface area contributed by atoms with Crippen LogP contribution < -0.4 is 10.1 Å². The first-order chi connectivity index (χ1) is 21.0. The molecule has 0 aromatic heterocycles. The standard InChI is InChI=1S/C32H31Cl2FN4O5/c1-37-14-20(15-38(2)32(37)43)30(40)36-26-9-5-8-23(29(26)34)22-7-4-6-21(28(22)33)19-12-25(35)24(27(13-19)44-3)17-39-11-10-18(16-39)31(41)42/h4-9,12-14,18H,10-11,15-17H2,1-3H3,(H,36,40)(H,41,42)/t18-/m1/s1. The number of carboxylic acids is 1. The summed E-state index contributed by atoms with van der Waals surface area (Å²) in [5, 5.41) is 12.7. The number of rotatable bonds is 8. The summed E-state index contributed by atoms with van der Waals surface area (Å²) in [6, 6.07) is 13.4. The first-order valence-corrected chi connectivity index (χ1v) is 14.6. The lowest BCUT2D eigenvalue weighted by atomic mass is 9.97. The minimum atomic E-state index is -0.849. The van der Waals surface area contributed by atoms with Crippen molar-refractivity contribution in [3.63, 3.8) is 0 Å². The van der Waals surface area contributed by atoms with Crippen molar-refractivity contribution < 1.29 is 28.6 Å². The number of carbonyl (C=O) groups excluding carboxylic acids is 2. The number of hydrogen-bond donors (Lipinski definition) is 2. The van der Waals surface area contributed by atoms with Gasteiger partial charge in [0.1, 0.15) is 11.6 Å². The molecule has 3 aromatic carbocycles. The van der Waals surface area contributed by atoms with Crippen LogP contribution >= 0.6 is 23.2 Å². The van der Waals surface area contributed by atoms with Crippen molar-refractivity contribution in [3.05, 3.63) is 81.7 Å². The zero-order valence-electron chi connectivity index (χ0n) is 24.4. The number of benzene rings is 3. The number of halogens is 3. The second-order valence-corrected chi connectivity index (χ2v) is 11.6. The van der Waals surface area contributed by atoms with Crippen LogP contribution in [0, 0.1) is 11.7 Å². The Hall–Kier alpha value is -4.12. The minimum absolute atomic E-state index is 0.153. The third kappa shape index (κ3) is 6.24. The summed E-state index contributed by atoms with van der Waals surface area (Å²) in [7, 11) is 4.65. The molecule has 9 nitrogen and oxygen atoms in total. The Bertz CT molecular complexity index is 1680. The number of nitrogens with zero attached hydrogens (tertiary/aromatic N) is 3. The topological polar surface area (TPSA) is 102 Å². The maximum absolute atomic E-state index is 15.6. The number of amides is 3. The van der Waals surface area contributed by atoms with E-state index in [2.05, 4.69) is 5.32 Å². The summed E-state index contributed by atoms with van der Waals surface area (Å²) >= 11 is 13.7. The van der Waals surface area contributed by atoms with Crippen LogP contribution in [0.3, 0.4) is 0 Å². The van der Waals surface area contributed by atoms with E-state index in [0.717, 1.165) is 0 Å². The number of nitrogens with one attached hydrogen (secondary N) is 1. The second-order valence-electron chi connectivity index (χ2n) is 10.9. The highest BCUT2D eigenvalue weighted by Crippen LogP contribution is 2.43. The fourth-order valence-electron chi connectivity index (χ4n) is 5.56. The number of aliphatic carboxylic acids is 1. The Labute approximate surface area is 264 Å². The number of carbonyl (C=O) groups is 3. The van der Waals surface area contributed by atoms with Gasteiger partial charge in [-0.3, -0.25) is 14.5 Å². The van der Waals surface area contributed by atoms with Crippen LogP contribution in [0.4, 0.5) is 14.9 Å². The van der Waals surface area contributed by atoms with Gasteiger partial charge in [0.2, 0.25) is 0 Å². The van der Waals surface area contributed by atoms with E-state index in [1.165, 1.54) is 29.2 Å². The molecule has 0 aliphatic carbocycles. The van der Waals surface area contributed by atoms with Crippen LogP contribution in [0.15, 0.2) is 60.3 Å². The van der Waals surface area contributed by atoms with Crippen molar-refractivity contribution in [1.29, 1.82) is 0 Å². The van der Waals surface area contributed by atoms with Crippen molar-refractivity contribution in [1.82, 2.24) is 14.7 Å². The van der Waals surface area contributed by atoms with E-state index in [9.17, 15) is 19.5 Å². The van der Waals surface area contributed by atoms with E-state index >= 15 is 4.39 Å². The van der Waals surface area contributed by atoms with Gasteiger partial charge < -0.3 is 25.0 Å². The highest BCUT2D eigenvalue weighted by molar-refractivity contribution is 6.39. The highest BCUT2D eigenvalue weighted by atomic mass is 35.5. The highest BCUT2D eigenvalue weighted by Gasteiger charge is 2.30. The number of methoxy groups -OCH3 is 1. The maximum Gasteiger partial charge on any atom is 0.323 e. The zero-order valence-corrected chi connectivity index (χ0v) is 25.9. The average molecular weight is 642 g/mol. The number of likely N-dealkylation sites (N-methyl/N-ethyl adjacent to an activating group) is 1. The van der Waals surface area contributed by atoms with E-state index in [4.69, 9.17) is 27.9 Å². The predicted octanol–water partition coefficient (Wildman–Crippen LogP) is 6.20. The summed E-state index contributed by atoms with van der Waals surface area (Å²) < 4.78 is 21.1. The van der Waals surface area contributed by atoms with Gasteiger partial charge in [0.25, 0.3) is 5.91 Å². The molecule has 12 heteroatoms. The SMILES string of the molecule is COc1cc(-c2cccc(-c3cccc(NC(=O)C4=CN(C)C(=O)N(C)C4)c3Cl)c2Cl)cc(F)c1CN1CC[C@@H](C(=O)O)C1. The quantitative estimate of drug-likeness (QED) is 0.304. The molecule has 2 N–H and O–H groups in total. The van der Waals surface area contributed by atoms with Gasteiger partial charge in [0, 0.05) is 55.6 Å². The minimum Gasteiger partial charge on any atom is -0.496 e. The van der Waals surface area contributed by atoms with Crippen LogP contribution in [-0.4, -0.2) is 78.6 Å². The second kappa shape index (κ2) is 12.9. The lowest BCUT2D eigenvalue weighted by Gasteiger charge is -2.29. The molecular weight excluding hydrogens is 610 g/mol. The lowest BCUT2D eigenvalue weighted by Crippen LogP contribution is -2.43. The van der Waals surface area contributed by atoms with Crippen LogP contribution in [0.25, 0.3) is 22.3 Å². The van der Waals surface area contributed by atoms with Crippen molar-refractivity contribution in [2.45, 2.75) is 13.0 Å². The van der Waals surface area contributed by atoms with Crippen molar-refractivity contribution in [2.24, 2.45) is 5.92 Å². The average Bonchev–Trinajstić information content (AvgIpc) is 3.47. The Morgan fingerprint density at radius 2 is 1.75 bits per heavy atom. The fourth-order valence-corrected chi connectivity index (χ4v) is 6.17. The molecule has 5 rings (SSSR count). The molecule has 2 aliphatic heterocycles. The molecule has 2 heterocycles. The summed E-state index contributed by atoms with van der Waals surface area (Å²) in [4.78, 5) is 41.1. The molecular formula is C32H31Cl2FN4O5. The van der Waals surface area contributed by atoms with Crippen molar-refractivity contribution in [2.75, 3.05) is 46.2 Å². The normalized spacial score (nSPS) is 17.1. The first kappa shape index (κ1) is 31.3. The Morgan fingerprint density at radius 1 is 1.07 bits per heavy atom. The van der Waals surface area contributed by atoms with Gasteiger partial charge in [0.05, 0.1) is 40.9 Å². The number of anilines is 1. The fraction of sp³-hybridized carbons (Fsp3) is 0.281. The molecule has 0 unspecified atom stereocenters. The lowest BCUT2D eigenvalue weighted by molar-refractivity contribution is -0.141. The molecule has 0 spiro atoms. The molecule has 1 saturated heterocycles. The summed E-state index contributed by atoms with van der Waals surface area (Å²) in [5.41, 5.74) is 3.28. The Balaban J connectivity index is 1.43. The first-order valence-electron chi connectivity index (χ1n) is 13.9. The molecule has 2 aliphatic rings. The molecule has 230 valence electrons. The Kier molecular flexibility index (Phi) is 9.15. The largest absolute Gasteiger partial charge is 0.496 e. The van der Waals surface area contributed by atoms with Crippen molar-refractivity contribution in [3.8, 4) is 28.0 Å². The Morgan fingerprint density at radius 3 is 2.41 bits per heavy atom. The molecule has 0 bridgehead atoms. The van der Waals surface area contributed by atoms with Crippen LogP contribution in [0.1, 0.15) is 12.0 Å². The van der Waals surface area contributed by atoms with Crippen LogP contribution in [-0.2, 0) is 16.1 Å². The van der Waals surface area contributed by atoms with Gasteiger partial charge in [-0.05, 0) is 36.7 Å². The van der Waals surface area contributed by atoms with E-state index in [-0.39, 0.29) is 24.1 Å². The number of urea groups is 1. The van der Waals surface area contributed by atoms with E-state index in [1.807, 2.05) is 4.90 Å². The third-order valence-electron chi connectivity index (χ3n) is 7.90. The van der Waals surface area contributed by atoms with Gasteiger partial charge in [-0.2, -0.15) is 0 Å².